The van der Waals surface area contributed by atoms with Gasteiger partial charge in [0.25, 0.3) is 11.8 Å². The van der Waals surface area contributed by atoms with Gasteiger partial charge in [0.15, 0.2) is 0 Å². The fourth-order valence-electron chi connectivity index (χ4n) is 3.59. The lowest BCUT2D eigenvalue weighted by atomic mass is 10.00. The molecular weight excluding hydrogens is 342 g/mol. The SMILES string of the molecule is CCCCN1CCc2cc(/C=C3/C(=O)NC(=O)N(C(C)(C)C)C3=O)ccc21. The number of carbonyl (C=O) groups excluding carboxylic acids is 3. The van der Waals surface area contributed by atoms with Gasteiger partial charge < -0.3 is 4.90 Å². The van der Waals surface area contributed by atoms with Gasteiger partial charge in [-0.05, 0) is 62.9 Å². The van der Waals surface area contributed by atoms with E-state index in [0.717, 1.165) is 42.8 Å². The lowest BCUT2D eigenvalue weighted by molar-refractivity contribution is -0.133. The number of benzene rings is 1. The topological polar surface area (TPSA) is 69.7 Å². The second-order valence-corrected chi connectivity index (χ2v) is 8.11. The van der Waals surface area contributed by atoms with Crippen LogP contribution in [0.2, 0.25) is 0 Å². The predicted molar refractivity (Wildman–Crippen MR) is 105 cm³/mol. The Kier molecular flexibility index (Phi) is 5.09. The van der Waals surface area contributed by atoms with E-state index in [0.29, 0.717) is 0 Å². The number of hydrogen-bond acceptors (Lipinski definition) is 4. The smallest absolute Gasteiger partial charge is 0.331 e. The summed E-state index contributed by atoms with van der Waals surface area (Å²) in [4.78, 5) is 40.6. The Hall–Kier alpha value is -2.63. The molecule has 0 aromatic heterocycles. The number of anilines is 1. The average Bonchev–Trinajstić information content (AvgIpc) is 2.97. The normalized spacial score (nSPS) is 19.0. The van der Waals surface area contributed by atoms with E-state index in [1.165, 1.54) is 11.3 Å². The van der Waals surface area contributed by atoms with E-state index in [4.69, 9.17) is 0 Å². The summed E-state index contributed by atoms with van der Waals surface area (Å²) in [6, 6.07) is 5.35. The van der Waals surface area contributed by atoms with Gasteiger partial charge in [0.2, 0.25) is 0 Å². The summed E-state index contributed by atoms with van der Waals surface area (Å²) in [6.07, 6.45) is 4.87. The zero-order valence-corrected chi connectivity index (χ0v) is 16.5. The minimum atomic E-state index is -0.710. The third kappa shape index (κ3) is 3.75. The summed E-state index contributed by atoms with van der Waals surface area (Å²) in [6.45, 7) is 9.52. The first-order chi connectivity index (χ1) is 12.7. The number of nitrogens with one attached hydrogen (secondary N) is 1. The molecule has 2 heterocycles. The van der Waals surface area contributed by atoms with Gasteiger partial charge in [-0.3, -0.25) is 19.8 Å². The summed E-state index contributed by atoms with van der Waals surface area (Å²) in [5.74, 6) is -1.20. The molecule has 1 fully saturated rings. The molecule has 144 valence electrons. The molecule has 0 atom stereocenters. The molecule has 1 saturated heterocycles. The predicted octanol–water partition coefficient (Wildman–Crippen LogP) is 3.11. The molecule has 0 bridgehead atoms. The first-order valence-electron chi connectivity index (χ1n) is 9.52. The van der Waals surface area contributed by atoms with Crippen LogP contribution in [0.4, 0.5) is 10.5 Å². The Balaban J connectivity index is 1.89. The van der Waals surface area contributed by atoms with Gasteiger partial charge in [0.1, 0.15) is 5.57 Å². The first kappa shape index (κ1) is 19.1. The minimum absolute atomic E-state index is 0.00897. The van der Waals surface area contributed by atoms with E-state index >= 15 is 0 Å². The van der Waals surface area contributed by atoms with Gasteiger partial charge in [-0.2, -0.15) is 0 Å². The van der Waals surface area contributed by atoms with Crippen molar-refractivity contribution in [2.24, 2.45) is 0 Å². The number of amides is 4. The third-order valence-corrected chi connectivity index (χ3v) is 4.96. The van der Waals surface area contributed by atoms with Crippen LogP contribution in [0.5, 0.6) is 0 Å². The van der Waals surface area contributed by atoms with Gasteiger partial charge in [0, 0.05) is 24.3 Å². The molecule has 4 amide bonds. The van der Waals surface area contributed by atoms with Gasteiger partial charge >= 0.3 is 6.03 Å². The maximum atomic E-state index is 12.8. The first-order valence-corrected chi connectivity index (χ1v) is 9.52. The highest BCUT2D eigenvalue weighted by atomic mass is 16.2. The second-order valence-electron chi connectivity index (χ2n) is 8.11. The van der Waals surface area contributed by atoms with Crippen LogP contribution >= 0.6 is 0 Å². The second kappa shape index (κ2) is 7.18. The van der Waals surface area contributed by atoms with Crippen molar-refractivity contribution in [1.82, 2.24) is 10.2 Å². The van der Waals surface area contributed by atoms with Gasteiger partial charge in [0.05, 0.1) is 0 Å². The molecule has 2 aliphatic rings. The number of rotatable bonds is 4. The van der Waals surface area contributed by atoms with Crippen LogP contribution in [-0.4, -0.2) is 41.4 Å². The van der Waals surface area contributed by atoms with Gasteiger partial charge in [-0.25, -0.2) is 4.79 Å². The molecule has 1 aromatic carbocycles. The number of carbonyl (C=O) groups is 3. The van der Waals surface area contributed by atoms with Crippen LogP contribution in [0.1, 0.15) is 51.7 Å². The van der Waals surface area contributed by atoms with Crippen molar-refractivity contribution < 1.29 is 14.4 Å². The molecule has 0 aliphatic carbocycles. The Morgan fingerprint density at radius 2 is 1.93 bits per heavy atom. The van der Waals surface area contributed by atoms with E-state index in [9.17, 15) is 14.4 Å². The summed E-state index contributed by atoms with van der Waals surface area (Å²) < 4.78 is 0. The van der Waals surface area contributed by atoms with E-state index in [1.807, 2.05) is 12.1 Å². The van der Waals surface area contributed by atoms with Crippen molar-refractivity contribution in [2.75, 3.05) is 18.0 Å². The molecule has 0 unspecified atom stereocenters. The van der Waals surface area contributed by atoms with E-state index in [-0.39, 0.29) is 5.57 Å². The Labute approximate surface area is 160 Å². The highest BCUT2D eigenvalue weighted by Gasteiger charge is 2.41. The van der Waals surface area contributed by atoms with Crippen molar-refractivity contribution in [2.45, 2.75) is 52.5 Å². The lowest BCUT2D eigenvalue weighted by Crippen LogP contribution is -2.60. The Bertz CT molecular complexity index is 820. The molecular formula is C21H27N3O3. The lowest BCUT2D eigenvalue weighted by Gasteiger charge is -2.36. The molecule has 6 heteroatoms. The number of unbranched alkanes of at least 4 members (excludes halogenated alkanes) is 1. The number of nitrogens with zero attached hydrogens (tertiary/aromatic N) is 2. The fourth-order valence-corrected chi connectivity index (χ4v) is 3.59. The van der Waals surface area contributed by atoms with Gasteiger partial charge in [-0.1, -0.05) is 19.4 Å². The maximum absolute atomic E-state index is 12.8. The quantitative estimate of drug-likeness (QED) is 0.654. The molecule has 6 nitrogen and oxygen atoms in total. The molecule has 0 saturated carbocycles. The molecule has 1 N–H and O–H groups in total. The zero-order valence-electron chi connectivity index (χ0n) is 16.5. The monoisotopic (exact) mass is 369 g/mol. The highest BCUT2D eigenvalue weighted by molar-refractivity contribution is 6.31. The molecule has 27 heavy (non-hydrogen) atoms. The van der Waals surface area contributed by atoms with Crippen molar-refractivity contribution in [3.8, 4) is 0 Å². The average molecular weight is 369 g/mol. The van der Waals surface area contributed by atoms with Crippen molar-refractivity contribution in [1.29, 1.82) is 0 Å². The third-order valence-electron chi connectivity index (χ3n) is 4.96. The van der Waals surface area contributed by atoms with Crippen molar-refractivity contribution in [3.63, 3.8) is 0 Å². The summed E-state index contributed by atoms with van der Waals surface area (Å²) in [5, 5.41) is 2.27. The van der Waals surface area contributed by atoms with Crippen LogP contribution in [-0.2, 0) is 16.0 Å². The molecule has 0 radical (unpaired) electrons. The zero-order chi connectivity index (χ0) is 19.8. The molecule has 3 rings (SSSR count). The molecule has 0 spiro atoms. The number of urea groups is 1. The Morgan fingerprint density at radius 1 is 1.19 bits per heavy atom. The number of imide groups is 2. The van der Waals surface area contributed by atoms with E-state index in [1.54, 1.807) is 26.8 Å². The number of hydrogen-bond donors (Lipinski definition) is 1. The summed E-state index contributed by atoms with van der Waals surface area (Å²) >= 11 is 0. The highest BCUT2D eigenvalue weighted by Crippen LogP contribution is 2.30. The molecule has 1 aromatic rings. The minimum Gasteiger partial charge on any atom is -0.371 e. The Morgan fingerprint density at radius 3 is 2.59 bits per heavy atom. The van der Waals surface area contributed by atoms with E-state index < -0.39 is 23.4 Å². The van der Waals surface area contributed by atoms with Crippen LogP contribution in [0, 0.1) is 0 Å². The van der Waals surface area contributed by atoms with Crippen LogP contribution in [0.25, 0.3) is 6.08 Å². The number of barbiturate groups is 1. The van der Waals surface area contributed by atoms with Crippen LogP contribution in [0.3, 0.4) is 0 Å². The van der Waals surface area contributed by atoms with E-state index in [2.05, 4.69) is 23.2 Å². The van der Waals surface area contributed by atoms with Crippen LogP contribution < -0.4 is 10.2 Å². The molecule has 2 aliphatic heterocycles. The van der Waals surface area contributed by atoms with Crippen molar-refractivity contribution >= 4 is 29.6 Å². The summed E-state index contributed by atoms with van der Waals surface area (Å²) in [7, 11) is 0. The standard InChI is InChI=1S/C21H27N3O3/c1-5-6-10-23-11-9-15-12-14(7-8-17(15)23)13-16-18(25)22-20(27)24(19(16)26)21(2,3)4/h7-8,12-13H,5-6,9-11H2,1-4H3,(H,22,25,27)/b16-13-. The number of fused-ring (bicyclic) bond motifs is 1. The summed E-state index contributed by atoms with van der Waals surface area (Å²) in [5.41, 5.74) is 2.54. The fraction of sp³-hybridized carbons (Fsp3) is 0.476. The largest absolute Gasteiger partial charge is 0.371 e. The van der Waals surface area contributed by atoms with Crippen LogP contribution in [0.15, 0.2) is 23.8 Å². The van der Waals surface area contributed by atoms with Gasteiger partial charge in [-0.15, -0.1) is 0 Å². The van der Waals surface area contributed by atoms with Crippen molar-refractivity contribution in [3.05, 3.63) is 34.9 Å². The maximum Gasteiger partial charge on any atom is 0.331 e.